The van der Waals surface area contributed by atoms with E-state index in [1.807, 2.05) is 24.3 Å². The number of hydrogen-bond acceptors (Lipinski definition) is 3. The summed E-state index contributed by atoms with van der Waals surface area (Å²) in [4.78, 5) is 23.6. The highest BCUT2D eigenvalue weighted by Crippen LogP contribution is 2.18. The molecule has 0 spiro atoms. The van der Waals surface area contributed by atoms with E-state index in [-0.39, 0.29) is 11.8 Å². The van der Waals surface area contributed by atoms with Crippen LogP contribution in [-0.2, 0) is 4.79 Å². The number of rotatable bonds is 5. The fraction of sp³-hybridized carbons (Fsp3) is 0.111. The van der Waals surface area contributed by atoms with Gasteiger partial charge < -0.3 is 15.4 Å². The van der Waals surface area contributed by atoms with E-state index in [9.17, 15) is 9.59 Å². The Kier molecular flexibility index (Phi) is 5.52. The molecule has 2 rings (SSSR count). The van der Waals surface area contributed by atoms with Crippen LogP contribution in [0.2, 0.25) is 0 Å². The molecule has 0 heterocycles. The first-order chi connectivity index (χ1) is 11.1. The van der Waals surface area contributed by atoms with Crippen LogP contribution in [0, 0.1) is 0 Å². The van der Waals surface area contributed by atoms with Crippen LogP contribution in [0.15, 0.2) is 54.6 Å². The summed E-state index contributed by atoms with van der Waals surface area (Å²) in [6.07, 6.45) is 3.10. The van der Waals surface area contributed by atoms with Gasteiger partial charge in [0.15, 0.2) is 0 Å². The van der Waals surface area contributed by atoms with Crippen LogP contribution in [0.5, 0.6) is 5.75 Å². The van der Waals surface area contributed by atoms with E-state index >= 15 is 0 Å². The molecule has 2 aromatic carbocycles. The highest BCUT2D eigenvalue weighted by molar-refractivity contribution is 6.03. The normalized spacial score (nSPS) is 10.3. The van der Waals surface area contributed by atoms with Gasteiger partial charge in [0.2, 0.25) is 5.91 Å². The second-order valence-electron chi connectivity index (χ2n) is 4.72. The smallest absolute Gasteiger partial charge is 0.251 e. The number of amides is 2. The van der Waals surface area contributed by atoms with Crippen molar-refractivity contribution in [2.24, 2.45) is 0 Å². The first kappa shape index (κ1) is 16.3. The van der Waals surface area contributed by atoms with E-state index in [4.69, 9.17) is 4.74 Å². The van der Waals surface area contributed by atoms with Gasteiger partial charge in [-0.3, -0.25) is 9.59 Å². The lowest BCUT2D eigenvalue weighted by atomic mass is 10.1. The van der Waals surface area contributed by atoms with Crippen LogP contribution in [0.3, 0.4) is 0 Å². The summed E-state index contributed by atoms with van der Waals surface area (Å²) >= 11 is 0. The predicted octanol–water partition coefficient (Wildman–Crippen LogP) is 2.71. The summed E-state index contributed by atoms with van der Waals surface area (Å²) < 4.78 is 5.22. The number of carbonyl (C=O) groups is 2. The number of benzene rings is 2. The van der Waals surface area contributed by atoms with Gasteiger partial charge in [-0.25, -0.2) is 0 Å². The molecular formula is C18H18N2O3. The Balaban J connectivity index is 2.08. The number of hydrogen-bond donors (Lipinski definition) is 2. The number of methoxy groups -OCH3 is 1. The lowest BCUT2D eigenvalue weighted by Crippen LogP contribution is -2.18. The predicted molar refractivity (Wildman–Crippen MR) is 90.5 cm³/mol. The Bertz CT molecular complexity index is 739. The minimum Gasteiger partial charge on any atom is -0.496 e. The van der Waals surface area contributed by atoms with Crippen molar-refractivity contribution in [3.63, 3.8) is 0 Å². The van der Waals surface area contributed by atoms with Gasteiger partial charge in [-0.15, -0.1) is 0 Å². The maximum absolute atomic E-state index is 12.0. The maximum Gasteiger partial charge on any atom is 0.251 e. The van der Waals surface area contributed by atoms with Gasteiger partial charge in [-0.2, -0.15) is 0 Å². The molecule has 2 aromatic rings. The molecule has 5 heteroatoms. The molecule has 2 N–H and O–H groups in total. The Morgan fingerprint density at radius 3 is 2.61 bits per heavy atom. The Hall–Kier alpha value is -3.08. The molecule has 23 heavy (non-hydrogen) atoms. The Morgan fingerprint density at radius 2 is 1.87 bits per heavy atom. The molecule has 0 radical (unpaired) electrons. The molecule has 0 aliphatic heterocycles. The van der Waals surface area contributed by atoms with E-state index in [0.29, 0.717) is 17.0 Å². The molecule has 0 unspecified atom stereocenters. The molecule has 118 valence electrons. The van der Waals surface area contributed by atoms with Crippen molar-refractivity contribution in [1.82, 2.24) is 5.32 Å². The number of ether oxygens (including phenoxy) is 1. The van der Waals surface area contributed by atoms with Crippen molar-refractivity contribution in [3.8, 4) is 5.75 Å². The van der Waals surface area contributed by atoms with Gasteiger partial charge in [-0.1, -0.05) is 24.3 Å². The van der Waals surface area contributed by atoms with Crippen molar-refractivity contribution >= 4 is 23.6 Å². The van der Waals surface area contributed by atoms with Crippen LogP contribution in [0.25, 0.3) is 6.08 Å². The van der Waals surface area contributed by atoms with Gasteiger partial charge in [0.1, 0.15) is 5.75 Å². The third-order valence-electron chi connectivity index (χ3n) is 3.17. The second kappa shape index (κ2) is 7.79. The average molecular weight is 310 g/mol. The molecule has 0 aromatic heterocycles. The first-order valence-corrected chi connectivity index (χ1v) is 7.08. The number of nitrogens with one attached hydrogen (secondary N) is 2. The van der Waals surface area contributed by atoms with Crippen LogP contribution >= 0.6 is 0 Å². The summed E-state index contributed by atoms with van der Waals surface area (Å²) in [6.45, 7) is 0. The zero-order chi connectivity index (χ0) is 16.7. The van der Waals surface area contributed by atoms with Crippen LogP contribution < -0.4 is 15.4 Å². The number of para-hydroxylation sites is 1. The monoisotopic (exact) mass is 310 g/mol. The lowest BCUT2D eigenvalue weighted by molar-refractivity contribution is -0.111. The Morgan fingerprint density at radius 1 is 1.09 bits per heavy atom. The zero-order valence-electron chi connectivity index (χ0n) is 13.0. The lowest BCUT2D eigenvalue weighted by Gasteiger charge is -2.05. The van der Waals surface area contributed by atoms with E-state index in [1.165, 1.54) is 6.08 Å². The largest absolute Gasteiger partial charge is 0.496 e. The molecule has 0 bridgehead atoms. The molecule has 0 aliphatic carbocycles. The third kappa shape index (κ3) is 4.44. The van der Waals surface area contributed by atoms with Gasteiger partial charge in [-0.05, 0) is 30.3 Å². The zero-order valence-corrected chi connectivity index (χ0v) is 13.0. The highest BCUT2D eigenvalue weighted by Gasteiger charge is 2.05. The SMILES string of the molecule is CNC(=O)c1cccc(NC(=O)C=Cc2ccccc2OC)c1. The molecule has 0 saturated heterocycles. The fourth-order valence-electron chi connectivity index (χ4n) is 2.04. The standard InChI is InChI=1S/C18H18N2O3/c1-19-18(22)14-7-5-8-15(12-14)20-17(21)11-10-13-6-3-4-9-16(13)23-2/h3-12H,1-2H3,(H,19,22)(H,20,21). The van der Waals surface area contributed by atoms with E-state index in [0.717, 1.165) is 5.56 Å². The van der Waals surface area contributed by atoms with Gasteiger partial charge in [0.25, 0.3) is 5.91 Å². The number of carbonyl (C=O) groups excluding carboxylic acids is 2. The summed E-state index contributed by atoms with van der Waals surface area (Å²) in [5, 5.41) is 5.26. The summed E-state index contributed by atoms with van der Waals surface area (Å²) in [5.41, 5.74) is 1.85. The average Bonchev–Trinajstić information content (AvgIpc) is 2.59. The minimum atomic E-state index is -0.287. The molecule has 0 atom stereocenters. The molecule has 0 saturated carbocycles. The van der Waals surface area contributed by atoms with E-state index in [1.54, 1.807) is 44.5 Å². The van der Waals surface area contributed by atoms with Crippen molar-refractivity contribution in [2.45, 2.75) is 0 Å². The topological polar surface area (TPSA) is 67.4 Å². The molecule has 2 amide bonds. The van der Waals surface area contributed by atoms with Crippen molar-refractivity contribution in [1.29, 1.82) is 0 Å². The maximum atomic E-state index is 12.0. The van der Waals surface area contributed by atoms with E-state index in [2.05, 4.69) is 10.6 Å². The fourth-order valence-corrected chi connectivity index (χ4v) is 2.04. The third-order valence-corrected chi connectivity index (χ3v) is 3.17. The minimum absolute atomic E-state index is 0.203. The van der Waals surface area contributed by atoms with Gasteiger partial charge in [0, 0.05) is 29.9 Å². The van der Waals surface area contributed by atoms with Crippen LogP contribution in [-0.4, -0.2) is 26.0 Å². The van der Waals surface area contributed by atoms with Gasteiger partial charge >= 0.3 is 0 Å². The van der Waals surface area contributed by atoms with Crippen LogP contribution in [0.1, 0.15) is 15.9 Å². The summed E-state index contributed by atoms with van der Waals surface area (Å²) in [6, 6.07) is 14.1. The number of anilines is 1. The molecular weight excluding hydrogens is 292 g/mol. The quantitative estimate of drug-likeness (QED) is 0.834. The molecule has 0 fully saturated rings. The first-order valence-electron chi connectivity index (χ1n) is 7.08. The van der Waals surface area contributed by atoms with Crippen molar-refractivity contribution < 1.29 is 14.3 Å². The van der Waals surface area contributed by atoms with Gasteiger partial charge in [0.05, 0.1) is 7.11 Å². The van der Waals surface area contributed by atoms with Crippen molar-refractivity contribution in [3.05, 3.63) is 65.7 Å². The highest BCUT2D eigenvalue weighted by atomic mass is 16.5. The second-order valence-corrected chi connectivity index (χ2v) is 4.72. The van der Waals surface area contributed by atoms with E-state index < -0.39 is 0 Å². The Labute approximate surface area is 135 Å². The molecule has 5 nitrogen and oxygen atoms in total. The molecule has 0 aliphatic rings. The van der Waals surface area contributed by atoms with Crippen molar-refractivity contribution in [2.75, 3.05) is 19.5 Å². The van der Waals surface area contributed by atoms with Crippen LogP contribution in [0.4, 0.5) is 5.69 Å². The summed E-state index contributed by atoms with van der Waals surface area (Å²) in [5.74, 6) is 0.203. The summed E-state index contributed by atoms with van der Waals surface area (Å²) in [7, 11) is 3.14.